The number of aliphatic imine (C=N–C) groups is 1. The minimum atomic E-state index is -0.594. The molecule has 140 valence electrons. The Morgan fingerprint density at radius 3 is 2.81 bits per heavy atom. The van der Waals surface area contributed by atoms with E-state index in [1.807, 2.05) is 44.2 Å². The molecule has 5 rings (SSSR count). The highest BCUT2D eigenvalue weighted by Gasteiger charge is 2.59. The van der Waals surface area contributed by atoms with Gasteiger partial charge in [-0.3, -0.25) is 14.7 Å². The van der Waals surface area contributed by atoms with Crippen LogP contribution in [0.25, 0.3) is 0 Å². The number of amides is 1. The second kappa shape index (κ2) is 6.02. The Kier molecular flexibility index (Phi) is 3.72. The van der Waals surface area contributed by atoms with Crippen LogP contribution in [-0.4, -0.2) is 40.4 Å². The fraction of sp³-hybridized carbons (Fsp3) is 0.476. The van der Waals surface area contributed by atoms with Crippen molar-refractivity contribution >= 4 is 11.7 Å². The van der Waals surface area contributed by atoms with E-state index in [0.29, 0.717) is 5.92 Å². The van der Waals surface area contributed by atoms with Gasteiger partial charge < -0.3 is 9.84 Å². The van der Waals surface area contributed by atoms with Crippen molar-refractivity contribution in [1.82, 2.24) is 15.4 Å². The number of rotatable bonds is 3. The summed E-state index contributed by atoms with van der Waals surface area (Å²) in [4.78, 5) is 20.4. The number of carbonyl (C=O) groups excluding carboxylic acids is 1. The molecule has 3 aliphatic rings. The van der Waals surface area contributed by atoms with Crippen molar-refractivity contribution in [2.24, 2.45) is 16.8 Å². The van der Waals surface area contributed by atoms with Crippen molar-refractivity contribution < 1.29 is 9.32 Å². The Hall–Kier alpha value is -2.47. The Morgan fingerprint density at radius 2 is 2.07 bits per heavy atom. The van der Waals surface area contributed by atoms with Crippen molar-refractivity contribution in [2.45, 2.75) is 38.8 Å². The summed E-state index contributed by atoms with van der Waals surface area (Å²) >= 11 is 0. The van der Waals surface area contributed by atoms with Crippen molar-refractivity contribution in [2.75, 3.05) is 13.1 Å². The van der Waals surface area contributed by atoms with E-state index in [1.54, 1.807) is 0 Å². The van der Waals surface area contributed by atoms with Crippen LogP contribution in [0.4, 0.5) is 0 Å². The lowest BCUT2D eigenvalue weighted by Crippen LogP contribution is -2.44. The van der Waals surface area contributed by atoms with Crippen molar-refractivity contribution in [3.05, 3.63) is 52.9 Å². The number of aromatic nitrogens is 1. The summed E-state index contributed by atoms with van der Waals surface area (Å²) < 4.78 is 5.31. The van der Waals surface area contributed by atoms with Gasteiger partial charge in [0, 0.05) is 36.7 Å². The first kappa shape index (κ1) is 16.7. The molecular weight excluding hydrogens is 340 g/mol. The molecule has 1 amide bonds. The van der Waals surface area contributed by atoms with Crippen molar-refractivity contribution in [3.63, 3.8) is 0 Å². The van der Waals surface area contributed by atoms with E-state index >= 15 is 0 Å². The van der Waals surface area contributed by atoms with Gasteiger partial charge in [0.2, 0.25) is 0 Å². The Labute approximate surface area is 158 Å². The first-order valence-electron chi connectivity index (χ1n) is 9.67. The highest BCUT2D eigenvalue weighted by Crippen LogP contribution is 2.49. The van der Waals surface area contributed by atoms with Gasteiger partial charge in [0.1, 0.15) is 17.1 Å². The largest absolute Gasteiger partial charge is 0.361 e. The van der Waals surface area contributed by atoms with Crippen LogP contribution in [0.1, 0.15) is 35.4 Å². The molecule has 2 fully saturated rings. The molecular formula is C21H24N4O2. The highest BCUT2D eigenvalue weighted by molar-refractivity contribution is 6.15. The molecule has 1 saturated heterocycles. The molecule has 1 saturated carbocycles. The number of nitrogens with zero attached hydrogens (tertiary/aromatic N) is 3. The normalized spacial score (nSPS) is 30.0. The SMILES string of the molecule is Cc1noc(C)c1CN1C[C@@H]2CC[C@]3(N=C(c4ccccc4)NC3=O)[C@@H]2C1. The fourth-order valence-electron chi connectivity index (χ4n) is 5.11. The molecule has 6 nitrogen and oxygen atoms in total. The summed E-state index contributed by atoms with van der Waals surface area (Å²) in [6.45, 7) is 6.70. The molecule has 3 heterocycles. The Morgan fingerprint density at radius 1 is 1.26 bits per heavy atom. The maximum atomic E-state index is 13.0. The number of nitrogens with one attached hydrogen (secondary N) is 1. The Bertz CT molecular complexity index is 900. The predicted molar refractivity (Wildman–Crippen MR) is 101 cm³/mol. The number of amidine groups is 1. The highest BCUT2D eigenvalue weighted by atomic mass is 16.5. The molecule has 1 aromatic carbocycles. The molecule has 6 heteroatoms. The number of benzene rings is 1. The van der Waals surface area contributed by atoms with Gasteiger partial charge in [0.05, 0.1) is 5.69 Å². The average Bonchev–Trinajstić information content (AvgIpc) is 3.40. The van der Waals surface area contributed by atoms with E-state index < -0.39 is 5.54 Å². The van der Waals surface area contributed by atoms with Gasteiger partial charge >= 0.3 is 0 Å². The quantitative estimate of drug-likeness (QED) is 0.908. The monoisotopic (exact) mass is 364 g/mol. The predicted octanol–water partition coefficient (Wildman–Crippen LogP) is 2.45. The number of fused-ring (bicyclic) bond motifs is 2. The van der Waals surface area contributed by atoms with Gasteiger partial charge in [-0.15, -0.1) is 0 Å². The second-order valence-electron chi connectivity index (χ2n) is 8.11. The number of likely N-dealkylation sites (tertiary alicyclic amines) is 1. The minimum absolute atomic E-state index is 0.0769. The van der Waals surface area contributed by atoms with E-state index in [0.717, 1.165) is 55.3 Å². The van der Waals surface area contributed by atoms with Crippen LogP contribution >= 0.6 is 0 Å². The van der Waals surface area contributed by atoms with E-state index in [-0.39, 0.29) is 11.8 Å². The maximum Gasteiger partial charge on any atom is 0.253 e. The zero-order chi connectivity index (χ0) is 18.6. The summed E-state index contributed by atoms with van der Waals surface area (Å²) in [5.74, 6) is 2.50. The smallest absolute Gasteiger partial charge is 0.253 e. The lowest BCUT2D eigenvalue weighted by molar-refractivity contribution is -0.125. The van der Waals surface area contributed by atoms with Gasteiger partial charge in [-0.05, 0) is 32.6 Å². The topological polar surface area (TPSA) is 70.7 Å². The van der Waals surface area contributed by atoms with Crippen LogP contribution in [0, 0.1) is 25.7 Å². The molecule has 2 aromatic rings. The first-order chi connectivity index (χ1) is 13.1. The van der Waals surface area contributed by atoms with Crippen LogP contribution < -0.4 is 5.32 Å². The summed E-state index contributed by atoms with van der Waals surface area (Å²) in [7, 11) is 0. The van der Waals surface area contributed by atoms with Crippen molar-refractivity contribution in [1.29, 1.82) is 0 Å². The van der Waals surface area contributed by atoms with Gasteiger partial charge in [-0.2, -0.15) is 0 Å². The lowest BCUT2D eigenvalue weighted by Gasteiger charge is -2.25. The van der Waals surface area contributed by atoms with E-state index in [9.17, 15) is 4.79 Å². The van der Waals surface area contributed by atoms with Gasteiger partial charge in [0.15, 0.2) is 0 Å². The zero-order valence-corrected chi connectivity index (χ0v) is 15.7. The molecule has 0 unspecified atom stereocenters. The van der Waals surface area contributed by atoms with E-state index in [2.05, 4.69) is 15.4 Å². The Balaban J connectivity index is 1.40. The number of hydrogen-bond acceptors (Lipinski definition) is 5. The summed E-state index contributed by atoms with van der Waals surface area (Å²) in [6.07, 6.45) is 1.91. The molecule has 1 N–H and O–H groups in total. The minimum Gasteiger partial charge on any atom is -0.361 e. The third-order valence-corrected chi connectivity index (χ3v) is 6.57. The summed E-state index contributed by atoms with van der Waals surface area (Å²) in [5, 5.41) is 7.13. The molecule has 0 radical (unpaired) electrons. The van der Waals surface area contributed by atoms with E-state index in [4.69, 9.17) is 9.52 Å². The molecule has 1 aliphatic carbocycles. The third-order valence-electron chi connectivity index (χ3n) is 6.57. The van der Waals surface area contributed by atoms with Crippen LogP contribution in [-0.2, 0) is 11.3 Å². The molecule has 1 spiro atoms. The van der Waals surface area contributed by atoms with Crippen LogP contribution in [0.5, 0.6) is 0 Å². The van der Waals surface area contributed by atoms with Crippen LogP contribution in [0.15, 0.2) is 39.8 Å². The molecule has 27 heavy (non-hydrogen) atoms. The standard InChI is InChI=1S/C21H24N4O2/c1-13-17(14(2)27-24-13)11-25-10-16-8-9-21(18(16)12-25)20(26)22-19(23-21)15-6-4-3-5-7-15/h3-7,16,18H,8-12H2,1-2H3,(H,22,23,26)/t16-,18+,21-/m0/s1. The molecule has 3 atom stereocenters. The molecule has 0 bridgehead atoms. The van der Waals surface area contributed by atoms with Gasteiger partial charge in [0.25, 0.3) is 5.91 Å². The number of aryl methyl sites for hydroxylation is 2. The van der Waals surface area contributed by atoms with Gasteiger partial charge in [-0.1, -0.05) is 35.5 Å². The van der Waals surface area contributed by atoms with Crippen LogP contribution in [0.3, 0.4) is 0 Å². The zero-order valence-electron chi connectivity index (χ0n) is 15.7. The van der Waals surface area contributed by atoms with Gasteiger partial charge in [-0.25, -0.2) is 0 Å². The summed E-state index contributed by atoms with van der Waals surface area (Å²) in [6, 6.07) is 9.94. The lowest BCUT2D eigenvalue weighted by atomic mass is 9.85. The first-order valence-corrected chi connectivity index (χ1v) is 9.67. The fourth-order valence-corrected chi connectivity index (χ4v) is 5.11. The number of carbonyl (C=O) groups is 1. The molecule has 2 aliphatic heterocycles. The third kappa shape index (κ3) is 2.54. The van der Waals surface area contributed by atoms with Crippen molar-refractivity contribution in [3.8, 4) is 0 Å². The average molecular weight is 364 g/mol. The van der Waals surface area contributed by atoms with Crippen LogP contribution in [0.2, 0.25) is 0 Å². The second-order valence-corrected chi connectivity index (χ2v) is 8.11. The van der Waals surface area contributed by atoms with E-state index in [1.165, 1.54) is 5.56 Å². The summed E-state index contributed by atoms with van der Waals surface area (Å²) in [5.41, 5.74) is 2.52. The molecule has 1 aromatic heterocycles. The maximum absolute atomic E-state index is 13.0. The number of hydrogen-bond donors (Lipinski definition) is 1.